The predicted molar refractivity (Wildman–Crippen MR) is 116 cm³/mol. The van der Waals surface area contributed by atoms with Gasteiger partial charge in [0.15, 0.2) is 0 Å². The van der Waals surface area contributed by atoms with Crippen molar-refractivity contribution in [3.05, 3.63) is 59.2 Å². The van der Waals surface area contributed by atoms with Crippen molar-refractivity contribution in [3.8, 4) is 0 Å². The third kappa shape index (κ3) is 6.61. The van der Waals surface area contributed by atoms with Gasteiger partial charge in [-0.3, -0.25) is 4.79 Å². The van der Waals surface area contributed by atoms with Gasteiger partial charge in [-0.2, -0.15) is 0 Å². The largest absolute Gasteiger partial charge is 0.481 e. The molecule has 3 N–H and O–H groups in total. The molecule has 2 atom stereocenters. The van der Waals surface area contributed by atoms with E-state index in [9.17, 15) is 14.7 Å². The minimum Gasteiger partial charge on any atom is -0.481 e. The molecular weight excluding hydrogens is 368 g/mol. The molecule has 0 bridgehead atoms. The lowest BCUT2D eigenvalue weighted by atomic mass is 9.91. The number of ether oxygens (including phenoxy) is 1. The van der Waals surface area contributed by atoms with Crippen LogP contribution in [0.2, 0.25) is 0 Å². The molecule has 0 radical (unpaired) electrons. The van der Waals surface area contributed by atoms with E-state index >= 15 is 0 Å². The lowest BCUT2D eigenvalue weighted by Crippen LogP contribution is -2.21. The van der Waals surface area contributed by atoms with Crippen molar-refractivity contribution in [2.75, 3.05) is 17.2 Å². The van der Waals surface area contributed by atoms with Crippen molar-refractivity contribution < 1.29 is 19.4 Å². The quantitative estimate of drug-likeness (QED) is 0.505. The number of carbonyl (C=O) groups is 2. The zero-order chi connectivity index (χ0) is 21.4. The number of aliphatic carboxylic acids is 1. The Morgan fingerprint density at radius 3 is 2.34 bits per heavy atom. The minimum absolute atomic E-state index is 0.0475. The van der Waals surface area contributed by atoms with Crippen LogP contribution in [0.25, 0.3) is 0 Å². The van der Waals surface area contributed by atoms with Gasteiger partial charge in [-0.25, -0.2) is 4.79 Å². The highest BCUT2D eigenvalue weighted by Gasteiger charge is 2.19. The van der Waals surface area contributed by atoms with Gasteiger partial charge in [-0.05, 0) is 56.9 Å². The molecule has 0 saturated heterocycles. The summed E-state index contributed by atoms with van der Waals surface area (Å²) in [6, 6.07) is 12.9. The number of urea groups is 1. The van der Waals surface area contributed by atoms with Gasteiger partial charge in [0.2, 0.25) is 0 Å². The molecule has 2 amide bonds. The summed E-state index contributed by atoms with van der Waals surface area (Å²) in [5.74, 6) is -0.958. The van der Waals surface area contributed by atoms with Gasteiger partial charge < -0.3 is 20.5 Å². The van der Waals surface area contributed by atoms with Crippen molar-refractivity contribution >= 4 is 23.4 Å². The number of carboxylic acid groups (broad SMARTS) is 1. The van der Waals surface area contributed by atoms with Gasteiger partial charge in [0.05, 0.1) is 12.5 Å². The Labute approximate surface area is 172 Å². The second-order valence-corrected chi connectivity index (χ2v) is 7.09. The number of amides is 2. The Kier molecular flexibility index (Phi) is 8.21. The number of hydrogen-bond acceptors (Lipinski definition) is 3. The Balaban J connectivity index is 2.28. The van der Waals surface area contributed by atoms with Gasteiger partial charge in [-0.15, -0.1) is 0 Å². The highest BCUT2D eigenvalue weighted by atomic mass is 16.5. The minimum atomic E-state index is -0.838. The van der Waals surface area contributed by atoms with E-state index in [0.717, 1.165) is 16.7 Å². The van der Waals surface area contributed by atoms with Crippen LogP contribution >= 0.6 is 0 Å². The van der Waals surface area contributed by atoms with Crippen molar-refractivity contribution in [3.63, 3.8) is 0 Å². The summed E-state index contributed by atoms with van der Waals surface area (Å²) in [4.78, 5) is 23.8. The van der Waals surface area contributed by atoms with E-state index in [4.69, 9.17) is 4.74 Å². The SMILES string of the molecule is CCO[C@H](C)c1ccc([C@@H](CC)CC(=O)O)cc1NC(=O)Nc1ccc(C)cc1. The van der Waals surface area contributed by atoms with Crippen LogP contribution in [-0.4, -0.2) is 23.7 Å². The molecule has 0 saturated carbocycles. The zero-order valence-corrected chi connectivity index (χ0v) is 17.5. The molecule has 0 aliphatic rings. The third-order valence-corrected chi connectivity index (χ3v) is 4.87. The van der Waals surface area contributed by atoms with Crippen LogP contribution in [-0.2, 0) is 9.53 Å². The lowest BCUT2D eigenvalue weighted by molar-refractivity contribution is -0.137. The van der Waals surface area contributed by atoms with Gasteiger partial charge in [0, 0.05) is 23.5 Å². The smallest absolute Gasteiger partial charge is 0.323 e. The predicted octanol–water partition coefficient (Wildman–Crippen LogP) is 5.70. The van der Waals surface area contributed by atoms with Crippen molar-refractivity contribution in [1.29, 1.82) is 0 Å². The Bertz CT molecular complexity index is 833. The molecule has 2 rings (SSSR count). The average molecular weight is 399 g/mol. The van der Waals surface area contributed by atoms with E-state index < -0.39 is 5.97 Å². The summed E-state index contributed by atoms with van der Waals surface area (Å²) >= 11 is 0. The molecule has 0 unspecified atom stereocenters. The number of carbonyl (C=O) groups excluding carboxylic acids is 1. The van der Waals surface area contributed by atoms with Crippen molar-refractivity contribution in [1.82, 2.24) is 0 Å². The van der Waals surface area contributed by atoms with Crippen LogP contribution in [0, 0.1) is 6.92 Å². The first-order valence-corrected chi connectivity index (χ1v) is 9.95. The summed E-state index contributed by atoms with van der Waals surface area (Å²) in [6.07, 6.45) is 0.538. The van der Waals surface area contributed by atoms with Crippen LogP contribution in [0.1, 0.15) is 62.3 Å². The van der Waals surface area contributed by atoms with Crippen LogP contribution in [0.5, 0.6) is 0 Å². The number of rotatable bonds is 9. The number of nitrogens with one attached hydrogen (secondary N) is 2. The van der Waals surface area contributed by atoms with E-state index in [2.05, 4.69) is 10.6 Å². The second kappa shape index (κ2) is 10.6. The van der Waals surface area contributed by atoms with E-state index in [-0.39, 0.29) is 24.5 Å². The molecule has 156 valence electrons. The molecule has 0 spiro atoms. The molecule has 0 aliphatic heterocycles. The molecule has 0 heterocycles. The second-order valence-electron chi connectivity index (χ2n) is 7.09. The molecule has 2 aromatic rings. The Hall–Kier alpha value is -2.86. The van der Waals surface area contributed by atoms with Crippen LogP contribution in [0.3, 0.4) is 0 Å². The van der Waals surface area contributed by atoms with Crippen molar-refractivity contribution in [2.45, 2.75) is 52.6 Å². The first kappa shape index (κ1) is 22.4. The van der Waals surface area contributed by atoms with E-state index in [0.29, 0.717) is 24.4 Å². The number of hydrogen-bond donors (Lipinski definition) is 3. The van der Waals surface area contributed by atoms with Crippen LogP contribution in [0.15, 0.2) is 42.5 Å². The average Bonchev–Trinajstić information content (AvgIpc) is 2.67. The van der Waals surface area contributed by atoms with E-state index in [1.807, 2.05) is 70.2 Å². The summed E-state index contributed by atoms with van der Waals surface area (Å²) in [5.41, 5.74) is 4.16. The molecule has 2 aromatic carbocycles. The number of aryl methyl sites for hydroxylation is 1. The van der Waals surface area contributed by atoms with Crippen molar-refractivity contribution in [2.24, 2.45) is 0 Å². The first-order valence-electron chi connectivity index (χ1n) is 9.95. The number of anilines is 2. The molecule has 0 fully saturated rings. The standard InChI is InChI=1S/C23H30N2O4/c1-5-17(14-22(26)27)18-9-12-20(16(4)29-6-2)21(13-18)25-23(28)24-19-10-7-15(3)8-11-19/h7-13,16-17H,5-6,14H2,1-4H3,(H,26,27)(H2,24,25,28)/t16-,17+/m1/s1. The fourth-order valence-electron chi connectivity index (χ4n) is 3.26. The summed E-state index contributed by atoms with van der Waals surface area (Å²) < 4.78 is 5.71. The van der Waals surface area contributed by atoms with E-state index in [1.165, 1.54) is 0 Å². The molecule has 29 heavy (non-hydrogen) atoms. The third-order valence-electron chi connectivity index (χ3n) is 4.87. The van der Waals surface area contributed by atoms with Crippen LogP contribution in [0.4, 0.5) is 16.2 Å². The van der Waals surface area contributed by atoms with Gasteiger partial charge in [-0.1, -0.05) is 36.8 Å². The molecule has 6 heteroatoms. The lowest BCUT2D eigenvalue weighted by Gasteiger charge is -2.21. The molecular formula is C23H30N2O4. The monoisotopic (exact) mass is 398 g/mol. The maximum Gasteiger partial charge on any atom is 0.323 e. The van der Waals surface area contributed by atoms with Gasteiger partial charge in [0.25, 0.3) is 0 Å². The van der Waals surface area contributed by atoms with Gasteiger partial charge >= 0.3 is 12.0 Å². The topological polar surface area (TPSA) is 87.7 Å². The molecule has 0 aromatic heterocycles. The molecule has 0 aliphatic carbocycles. The highest BCUT2D eigenvalue weighted by Crippen LogP contribution is 2.32. The van der Waals surface area contributed by atoms with Crippen LogP contribution < -0.4 is 10.6 Å². The fourth-order valence-corrected chi connectivity index (χ4v) is 3.26. The summed E-state index contributed by atoms with van der Waals surface area (Å²) in [6.45, 7) is 8.34. The zero-order valence-electron chi connectivity index (χ0n) is 17.5. The highest BCUT2D eigenvalue weighted by molar-refractivity contribution is 6.00. The summed E-state index contributed by atoms with van der Waals surface area (Å²) in [7, 11) is 0. The summed E-state index contributed by atoms with van der Waals surface area (Å²) in [5, 5.41) is 14.9. The molecule has 6 nitrogen and oxygen atoms in total. The number of benzene rings is 2. The number of carboxylic acids is 1. The van der Waals surface area contributed by atoms with Gasteiger partial charge in [0.1, 0.15) is 0 Å². The normalized spacial score (nSPS) is 12.8. The Morgan fingerprint density at radius 2 is 1.76 bits per heavy atom. The van der Waals surface area contributed by atoms with E-state index in [1.54, 1.807) is 0 Å². The Morgan fingerprint density at radius 1 is 1.07 bits per heavy atom. The fraction of sp³-hybridized carbons (Fsp3) is 0.391. The first-order chi connectivity index (χ1) is 13.8. The maximum absolute atomic E-state index is 12.6. The maximum atomic E-state index is 12.6.